The van der Waals surface area contributed by atoms with Crippen molar-refractivity contribution in [3.8, 4) is 0 Å². The maximum Gasteiger partial charge on any atom is 0.323 e. The molecule has 0 radical (unpaired) electrons. The molecular weight excluding hydrogens is 500 g/mol. The predicted molar refractivity (Wildman–Crippen MR) is 164 cm³/mol. The molecule has 4 rings (SSSR count). The number of fused-ring (bicyclic) bond motifs is 1. The van der Waals surface area contributed by atoms with Gasteiger partial charge in [0.1, 0.15) is 0 Å². The molecule has 0 bridgehead atoms. The lowest BCUT2D eigenvalue weighted by Crippen LogP contribution is -2.33. The smallest absolute Gasteiger partial charge is 0.323 e. The first-order valence-corrected chi connectivity index (χ1v) is 14.2. The van der Waals surface area contributed by atoms with Crippen molar-refractivity contribution >= 4 is 29.0 Å². The van der Waals surface area contributed by atoms with Crippen molar-refractivity contribution in [2.24, 2.45) is 0 Å². The molecule has 7 nitrogen and oxygen atoms in total. The third-order valence-electron chi connectivity index (χ3n) is 7.39. The lowest BCUT2D eigenvalue weighted by Gasteiger charge is -2.32. The minimum absolute atomic E-state index is 0.165. The number of carbonyl (C=O) groups is 2. The first kappa shape index (κ1) is 29.2. The van der Waals surface area contributed by atoms with Gasteiger partial charge < -0.3 is 25.6 Å². The summed E-state index contributed by atoms with van der Waals surface area (Å²) in [6.07, 6.45) is 1.64. The van der Waals surface area contributed by atoms with Gasteiger partial charge >= 0.3 is 6.03 Å². The van der Waals surface area contributed by atoms with E-state index in [4.69, 9.17) is 4.74 Å². The molecule has 3 aromatic rings. The molecule has 0 atom stereocenters. The van der Waals surface area contributed by atoms with Gasteiger partial charge in [-0.05, 0) is 65.1 Å². The Kier molecular flexibility index (Phi) is 9.83. The number of ether oxygens (including phenoxy) is 1. The minimum atomic E-state index is -0.332. The fraction of sp³-hybridized carbons (Fsp3) is 0.394. The molecule has 1 aliphatic heterocycles. The van der Waals surface area contributed by atoms with Crippen molar-refractivity contribution in [1.82, 2.24) is 5.32 Å². The molecule has 0 saturated carbocycles. The van der Waals surface area contributed by atoms with Crippen molar-refractivity contribution in [2.75, 3.05) is 42.3 Å². The van der Waals surface area contributed by atoms with Gasteiger partial charge in [-0.3, -0.25) is 4.79 Å². The Labute approximate surface area is 238 Å². The van der Waals surface area contributed by atoms with E-state index in [1.54, 1.807) is 13.2 Å². The summed E-state index contributed by atoms with van der Waals surface area (Å²) in [5.74, 6) is 0.356. The molecule has 0 aliphatic carbocycles. The predicted octanol–water partition coefficient (Wildman–Crippen LogP) is 6.91. The standard InChI is InChI=1S/C33H42N4O3/c1-22(2)27-12-8-13-28(23(3)4)31(27)36-33(39)35-26-14-15-30(29(20-26)32(38)34-17-9-19-40-5)37-18-16-24-10-6-7-11-25(24)21-37/h6-8,10-15,20,22-23H,9,16-19,21H2,1-5H3,(H,34,38)(H2,35,36,39). The second kappa shape index (κ2) is 13.5. The number of nitrogens with one attached hydrogen (secondary N) is 3. The van der Waals surface area contributed by atoms with Crippen LogP contribution in [-0.4, -0.2) is 38.7 Å². The van der Waals surface area contributed by atoms with Crippen LogP contribution in [0.4, 0.5) is 21.9 Å². The number of carbonyl (C=O) groups excluding carboxylic acids is 2. The summed E-state index contributed by atoms with van der Waals surface area (Å²) in [6.45, 7) is 11.1. The molecule has 1 heterocycles. The Morgan fingerprint density at radius 1 is 0.900 bits per heavy atom. The highest BCUT2D eigenvalue weighted by atomic mass is 16.5. The largest absolute Gasteiger partial charge is 0.385 e. The number of anilines is 3. The van der Waals surface area contributed by atoms with Crippen molar-refractivity contribution in [2.45, 2.75) is 58.9 Å². The molecule has 0 aromatic heterocycles. The third kappa shape index (κ3) is 7.02. The van der Waals surface area contributed by atoms with Crippen LogP contribution in [-0.2, 0) is 17.7 Å². The van der Waals surface area contributed by atoms with Gasteiger partial charge in [-0.15, -0.1) is 0 Å². The van der Waals surface area contributed by atoms with Gasteiger partial charge in [0.2, 0.25) is 0 Å². The van der Waals surface area contributed by atoms with E-state index in [2.05, 4.69) is 84.9 Å². The molecule has 3 amide bonds. The van der Waals surface area contributed by atoms with Crippen LogP contribution >= 0.6 is 0 Å². The number of benzene rings is 3. The van der Waals surface area contributed by atoms with E-state index < -0.39 is 0 Å². The van der Waals surface area contributed by atoms with Crippen molar-refractivity contribution in [3.05, 3.63) is 88.5 Å². The van der Waals surface area contributed by atoms with Gasteiger partial charge in [0, 0.05) is 50.4 Å². The van der Waals surface area contributed by atoms with Gasteiger partial charge in [-0.1, -0.05) is 70.2 Å². The minimum Gasteiger partial charge on any atom is -0.385 e. The first-order chi connectivity index (χ1) is 19.3. The maximum atomic E-state index is 13.4. The molecular formula is C33H42N4O3. The van der Waals surface area contributed by atoms with Crippen LogP contribution in [0, 0.1) is 0 Å². The van der Waals surface area contributed by atoms with Gasteiger partial charge in [0.25, 0.3) is 5.91 Å². The highest BCUT2D eigenvalue weighted by Crippen LogP contribution is 2.33. The summed E-state index contributed by atoms with van der Waals surface area (Å²) in [7, 11) is 1.65. The molecule has 0 saturated heterocycles. The SMILES string of the molecule is COCCCNC(=O)c1cc(NC(=O)Nc2c(C(C)C)cccc2C(C)C)ccc1N1CCc2ccccc2C1. The lowest BCUT2D eigenvalue weighted by atomic mass is 9.93. The van der Waals surface area contributed by atoms with Crippen LogP contribution in [0.1, 0.15) is 78.6 Å². The third-order valence-corrected chi connectivity index (χ3v) is 7.39. The average molecular weight is 543 g/mol. The topological polar surface area (TPSA) is 82.7 Å². The van der Waals surface area contributed by atoms with Gasteiger partial charge in [0.05, 0.1) is 5.56 Å². The number of methoxy groups -OCH3 is 1. The number of hydrogen-bond acceptors (Lipinski definition) is 4. The molecule has 7 heteroatoms. The highest BCUT2D eigenvalue weighted by molar-refractivity contribution is 6.04. The van der Waals surface area contributed by atoms with E-state index in [1.807, 2.05) is 18.2 Å². The number of rotatable bonds is 10. The number of urea groups is 1. The Balaban J connectivity index is 1.58. The molecule has 0 fully saturated rings. The Bertz CT molecular complexity index is 1310. The summed E-state index contributed by atoms with van der Waals surface area (Å²) in [5.41, 5.74) is 7.63. The second-order valence-electron chi connectivity index (χ2n) is 11.0. The molecule has 1 aliphatic rings. The number of para-hydroxylation sites is 1. The van der Waals surface area contributed by atoms with Gasteiger partial charge in [-0.25, -0.2) is 4.79 Å². The first-order valence-electron chi connectivity index (χ1n) is 14.2. The summed E-state index contributed by atoms with van der Waals surface area (Å²) >= 11 is 0. The fourth-order valence-electron chi connectivity index (χ4n) is 5.26. The molecule has 3 aromatic carbocycles. The number of hydrogen-bond donors (Lipinski definition) is 3. The molecule has 40 heavy (non-hydrogen) atoms. The summed E-state index contributed by atoms with van der Waals surface area (Å²) in [5, 5.41) is 9.09. The van der Waals surface area contributed by atoms with Crippen molar-refractivity contribution < 1.29 is 14.3 Å². The fourth-order valence-corrected chi connectivity index (χ4v) is 5.26. The van der Waals surface area contributed by atoms with E-state index in [1.165, 1.54) is 11.1 Å². The van der Waals surface area contributed by atoms with E-state index in [9.17, 15) is 9.59 Å². The average Bonchev–Trinajstić information content (AvgIpc) is 2.94. The zero-order chi connectivity index (χ0) is 28.6. The second-order valence-corrected chi connectivity index (χ2v) is 11.0. The van der Waals surface area contributed by atoms with Crippen LogP contribution in [0.5, 0.6) is 0 Å². The molecule has 0 unspecified atom stereocenters. The van der Waals surface area contributed by atoms with E-state index in [0.717, 1.165) is 48.4 Å². The van der Waals surface area contributed by atoms with Gasteiger partial charge in [0.15, 0.2) is 0 Å². The Hall–Kier alpha value is -3.84. The van der Waals surface area contributed by atoms with Crippen molar-refractivity contribution in [1.29, 1.82) is 0 Å². The highest BCUT2D eigenvalue weighted by Gasteiger charge is 2.22. The van der Waals surface area contributed by atoms with Crippen LogP contribution in [0.25, 0.3) is 0 Å². The van der Waals surface area contributed by atoms with Crippen molar-refractivity contribution in [3.63, 3.8) is 0 Å². The van der Waals surface area contributed by atoms with Crippen LogP contribution < -0.4 is 20.9 Å². The number of nitrogens with zero attached hydrogens (tertiary/aromatic N) is 1. The summed E-state index contributed by atoms with van der Waals surface area (Å²) < 4.78 is 5.13. The normalized spacial score (nSPS) is 12.8. The van der Waals surface area contributed by atoms with Crippen LogP contribution in [0.15, 0.2) is 60.7 Å². The van der Waals surface area contributed by atoms with E-state index in [0.29, 0.717) is 24.4 Å². The zero-order valence-corrected chi connectivity index (χ0v) is 24.3. The van der Waals surface area contributed by atoms with Crippen LogP contribution in [0.3, 0.4) is 0 Å². The molecule has 3 N–H and O–H groups in total. The zero-order valence-electron chi connectivity index (χ0n) is 24.3. The maximum absolute atomic E-state index is 13.4. The quantitative estimate of drug-likeness (QED) is 0.243. The van der Waals surface area contributed by atoms with Crippen LogP contribution in [0.2, 0.25) is 0 Å². The van der Waals surface area contributed by atoms with Gasteiger partial charge in [-0.2, -0.15) is 0 Å². The summed E-state index contributed by atoms with van der Waals surface area (Å²) in [4.78, 5) is 28.9. The summed E-state index contributed by atoms with van der Waals surface area (Å²) in [6, 6.07) is 19.9. The van der Waals surface area contributed by atoms with E-state index >= 15 is 0 Å². The number of amides is 3. The molecule has 212 valence electrons. The Morgan fingerprint density at radius 2 is 1.60 bits per heavy atom. The monoisotopic (exact) mass is 542 g/mol. The van der Waals surface area contributed by atoms with E-state index in [-0.39, 0.29) is 23.8 Å². The molecule has 0 spiro atoms. The Morgan fingerprint density at radius 3 is 2.27 bits per heavy atom. The lowest BCUT2D eigenvalue weighted by molar-refractivity contribution is 0.0949.